The molecule has 0 aliphatic heterocycles. The Morgan fingerprint density at radius 3 is 2.60 bits per heavy atom. The maximum Gasteiger partial charge on any atom is 0.335 e. The Bertz CT molecular complexity index is 658. The Hall–Kier alpha value is -2.30. The highest BCUT2D eigenvalue weighted by Gasteiger charge is 2.14. The molecule has 106 valence electrons. The van der Waals surface area contributed by atoms with Gasteiger partial charge in [0.15, 0.2) is 0 Å². The summed E-state index contributed by atoms with van der Waals surface area (Å²) in [6, 6.07) is 6.94. The van der Waals surface area contributed by atoms with E-state index in [1.54, 1.807) is 34.7 Å². The summed E-state index contributed by atoms with van der Waals surface area (Å²) in [5.41, 5.74) is 0.984. The molecule has 20 heavy (non-hydrogen) atoms. The number of carboxylic acids is 1. The monoisotopic (exact) mass is 274 g/mol. The number of carboxylic acid groups (broad SMARTS) is 1. The van der Waals surface area contributed by atoms with Crippen LogP contribution < -0.4 is 0 Å². The maximum absolute atomic E-state index is 12.1. The molecule has 0 bridgehead atoms. The van der Waals surface area contributed by atoms with Crippen LogP contribution >= 0.6 is 0 Å². The van der Waals surface area contributed by atoms with Crippen LogP contribution in [0.25, 0.3) is 10.9 Å². The molecular formula is C15H18N2O3. The zero-order valence-corrected chi connectivity index (χ0v) is 11.8. The van der Waals surface area contributed by atoms with Gasteiger partial charge in [-0.15, -0.1) is 0 Å². The van der Waals surface area contributed by atoms with E-state index in [0.717, 1.165) is 10.9 Å². The van der Waals surface area contributed by atoms with Gasteiger partial charge in [-0.1, -0.05) is 6.07 Å². The van der Waals surface area contributed by atoms with Crippen molar-refractivity contribution in [2.24, 2.45) is 0 Å². The van der Waals surface area contributed by atoms with Gasteiger partial charge in [0.25, 0.3) is 0 Å². The van der Waals surface area contributed by atoms with Crippen LogP contribution in [0.5, 0.6) is 0 Å². The van der Waals surface area contributed by atoms with Crippen LogP contribution in [0.4, 0.5) is 0 Å². The lowest BCUT2D eigenvalue weighted by atomic mass is 10.1. The fourth-order valence-corrected chi connectivity index (χ4v) is 2.00. The number of rotatable bonds is 4. The molecule has 5 heteroatoms. The number of likely N-dealkylation sites (N-methyl/N-ethyl adjacent to an activating group) is 1. The minimum Gasteiger partial charge on any atom is -0.478 e. The van der Waals surface area contributed by atoms with Gasteiger partial charge in [-0.3, -0.25) is 4.79 Å². The first kappa shape index (κ1) is 14.1. The van der Waals surface area contributed by atoms with Gasteiger partial charge in [0.2, 0.25) is 5.91 Å². The van der Waals surface area contributed by atoms with Gasteiger partial charge >= 0.3 is 5.97 Å². The summed E-state index contributed by atoms with van der Waals surface area (Å²) in [7, 11) is 1.77. The number of benzene rings is 1. The molecule has 0 aliphatic carbocycles. The Labute approximate surface area is 117 Å². The van der Waals surface area contributed by atoms with Gasteiger partial charge in [0.1, 0.15) is 6.54 Å². The van der Waals surface area contributed by atoms with Gasteiger partial charge in [-0.05, 0) is 37.4 Å². The average Bonchev–Trinajstić information content (AvgIpc) is 2.80. The molecule has 0 spiro atoms. The molecule has 2 rings (SSSR count). The minimum absolute atomic E-state index is 0.00164. The van der Waals surface area contributed by atoms with Crippen LogP contribution in [-0.4, -0.2) is 39.5 Å². The van der Waals surface area contributed by atoms with E-state index in [0.29, 0.717) is 0 Å². The van der Waals surface area contributed by atoms with Crippen molar-refractivity contribution >= 4 is 22.8 Å². The Morgan fingerprint density at radius 1 is 1.30 bits per heavy atom. The zero-order chi connectivity index (χ0) is 14.9. The first-order chi connectivity index (χ1) is 9.40. The quantitative estimate of drug-likeness (QED) is 0.929. The predicted molar refractivity (Wildman–Crippen MR) is 76.8 cm³/mol. The van der Waals surface area contributed by atoms with Crippen molar-refractivity contribution in [1.82, 2.24) is 9.47 Å². The number of nitrogens with zero attached hydrogens (tertiary/aromatic N) is 2. The smallest absolute Gasteiger partial charge is 0.335 e. The van der Waals surface area contributed by atoms with Crippen LogP contribution in [0.15, 0.2) is 30.5 Å². The predicted octanol–water partition coefficient (Wildman–Crippen LogP) is 2.21. The van der Waals surface area contributed by atoms with Gasteiger partial charge in [0, 0.05) is 24.8 Å². The number of aromatic nitrogens is 1. The molecule has 0 saturated carbocycles. The topological polar surface area (TPSA) is 62.5 Å². The van der Waals surface area contributed by atoms with Crippen LogP contribution in [-0.2, 0) is 11.3 Å². The summed E-state index contributed by atoms with van der Waals surface area (Å²) >= 11 is 0. The second kappa shape index (κ2) is 5.36. The third kappa shape index (κ3) is 2.66. The van der Waals surface area contributed by atoms with Crippen molar-refractivity contribution in [3.63, 3.8) is 0 Å². The van der Waals surface area contributed by atoms with Crippen LogP contribution in [0, 0.1) is 0 Å². The van der Waals surface area contributed by atoms with Crippen LogP contribution in [0.2, 0.25) is 0 Å². The molecule has 2 aromatic rings. The van der Waals surface area contributed by atoms with Crippen LogP contribution in [0.3, 0.4) is 0 Å². The van der Waals surface area contributed by atoms with Crippen LogP contribution in [0.1, 0.15) is 24.2 Å². The number of hydrogen-bond donors (Lipinski definition) is 1. The molecule has 0 saturated heterocycles. The average molecular weight is 274 g/mol. The largest absolute Gasteiger partial charge is 0.478 e. The molecule has 0 atom stereocenters. The number of carbonyl (C=O) groups is 2. The summed E-state index contributed by atoms with van der Waals surface area (Å²) < 4.78 is 1.78. The standard InChI is InChI=1S/C15H18N2O3/c1-10(2)16(3)14(18)9-17-7-6-11-4-5-12(15(19)20)8-13(11)17/h4-8,10H,9H2,1-3H3,(H,19,20). The third-order valence-corrected chi connectivity index (χ3v) is 3.49. The molecule has 1 amide bonds. The summed E-state index contributed by atoms with van der Waals surface area (Å²) in [6.45, 7) is 4.11. The molecule has 5 nitrogen and oxygen atoms in total. The Balaban J connectivity index is 2.33. The number of carbonyl (C=O) groups excluding carboxylic acids is 1. The summed E-state index contributed by atoms with van der Waals surface area (Å²) in [5, 5.41) is 9.96. The van der Waals surface area contributed by atoms with E-state index >= 15 is 0 Å². The zero-order valence-electron chi connectivity index (χ0n) is 11.8. The fourth-order valence-electron chi connectivity index (χ4n) is 2.00. The highest BCUT2D eigenvalue weighted by Crippen LogP contribution is 2.18. The lowest BCUT2D eigenvalue weighted by Gasteiger charge is -2.21. The molecule has 0 aliphatic rings. The number of amides is 1. The van der Waals surface area contributed by atoms with Gasteiger partial charge in [0.05, 0.1) is 5.56 Å². The second-order valence-corrected chi connectivity index (χ2v) is 5.12. The molecule has 0 radical (unpaired) electrons. The van der Waals surface area contributed by atoms with E-state index in [1.807, 2.05) is 26.1 Å². The number of aromatic carboxylic acids is 1. The summed E-state index contributed by atoms with van der Waals surface area (Å²) in [5.74, 6) is -0.969. The lowest BCUT2D eigenvalue weighted by Crippen LogP contribution is -2.35. The van der Waals surface area contributed by atoms with E-state index in [9.17, 15) is 9.59 Å². The van der Waals surface area contributed by atoms with Crippen molar-refractivity contribution in [1.29, 1.82) is 0 Å². The fraction of sp³-hybridized carbons (Fsp3) is 0.333. The molecular weight excluding hydrogens is 256 g/mol. The van der Waals surface area contributed by atoms with Gasteiger partial charge in [-0.25, -0.2) is 4.79 Å². The SMILES string of the molecule is CC(C)N(C)C(=O)Cn1ccc2ccc(C(=O)O)cc21. The van der Waals surface area contributed by atoms with Crippen molar-refractivity contribution in [2.75, 3.05) is 7.05 Å². The van der Waals surface area contributed by atoms with E-state index in [1.165, 1.54) is 0 Å². The molecule has 1 aromatic carbocycles. The maximum atomic E-state index is 12.1. The lowest BCUT2D eigenvalue weighted by molar-refractivity contribution is -0.131. The van der Waals surface area contributed by atoms with Gasteiger partial charge in [-0.2, -0.15) is 0 Å². The number of fused-ring (bicyclic) bond motifs is 1. The van der Waals surface area contributed by atoms with E-state index < -0.39 is 5.97 Å². The highest BCUT2D eigenvalue weighted by atomic mass is 16.4. The molecule has 0 unspecified atom stereocenters. The second-order valence-electron chi connectivity index (χ2n) is 5.12. The third-order valence-electron chi connectivity index (χ3n) is 3.49. The minimum atomic E-state index is -0.967. The molecule has 1 N–H and O–H groups in total. The van der Waals surface area contributed by atoms with E-state index in [2.05, 4.69) is 0 Å². The Morgan fingerprint density at radius 2 is 2.00 bits per heavy atom. The first-order valence-electron chi connectivity index (χ1n) is 6.48. The van der Waals surface area contributed by atoms with Crippen molar-refractivity contribution in [2.45, 2.75) is 26.4 Å². The molecule has 0 fully saturated rings. The summed E-state index contributed by atoms with van der Waals surface area (Å²) in [4.78, 5) is 24.8. The highest BCUT2D eigenvalue weighted by molar-refractivity contribution is 5.94. The van der Waals surface area contributed by atoms with Crippen molar-refractivity contribution < 1.29 is 14.7 Å². The Kier molecular flexibility index (Phi) is 3.79. The van der Waals surface area contributed by atoms with Crippen molar-refractivity contribution in [3.05, 3.63) is 36.0 Å². The first-order valence-corrected chi connectivity index (χ1v) is 6.48. The van der Waals surface area contributed by atoms with Crippen molar-refractivity contribution in [3.8, 4) is 0 Å². The van der Waals surface area contributed by atoms with E-state index in [-0.39, 0.29) is 24.1 Å². The molecule has 1 heterocycles. The summed E-state index contributed by atoms with van der Waals surface area (Å²) in [6.07, 6.45) is 1.81. The number of hydrogen-bond acceptors (Lipinski definition) is 2. The molecule has 1 aromatic heterocycles. The normalized spacial score (nSPS) is 11.0. The van der Waals surface area contributed by atoms with E-state index in [4.69, 9.17) is 5.11 Å². The van der Waals surface area contributed by atoms with Gasteiger partial charge < -0.3 is 14.6 Å².